The molecular formula is C25H20F4O3. The summed E-state index contributed by atoms with van der Waals surface area (Å²) in [6.45, 7) is 2.50. The first-order valence-corrected chi connectivity index (χ1v) is 10.2. The lowest BCUT2D eigenvalue weighted by Gasteiger charge is -2.14. The maximum absolute atomic E-state index is 15.1. The maximum atomic E-state index is 15.1. The molecule has 166 valence electrons. The van der Waals surface area contributed by atoms with Crippen LogP contribution in [0.4, 0.5) is 17.6 Å². The van der Waals surface area contributed by atoms with E-state index in [1.807, 2.05) is 6.92 Å². The summed E-state index contributed by atoms with van der Waals surface area (Å²) in [6, 6.07) is 12.8. The van der Waals surface area contributed by atoms with Gasteiger partial charge in [0.25, 0.3) is 6.43 Å². The van der Waals surface area contributed by atoms with E-state index in [2.05, 4.69) is 0 Å². The van der Waals surface area contributed by atoms with E-state index in [0.717, 1.165) is 30.5 Å². The molecule has 32 heavy (non-hydrogen) atoms. The van der Waals surface area contributed by atoms with Gasteiger partial charge in [0.1, 0.15) is 23.5 Å². The molecule has 1 saturated heterocycles. The fourth-order valence-electron chi connectivity index (χ4n) is 3.56. The van der Waals surface area contributed by atoms with Gasteiger partial charge >= 0.3 is 5.97 Å². The Labute approximate surface area is 182 Å². The predicted molar refractivity (Wildman–Crippen MR) is 111 cm³/mol. The lowest BCUT2D eigenvalue weighted by Crippen LogP contribution is -2.14. The Kier molecular flexibility index (Phi) is 6.28. The normalized spacial score (nSPS) is 15.1. The molecule has 1 atom stereocenters. The van der Waals surface area contributed by atoms with E-state index in [-0.39, 0.29) is 23.0 Å². The quantitative estimate of drug-likeness (QED) is 0.174. The highest BCUT2D eigenvalue weighted by molar-refractivity contribution is 5.93. The average Bonchev–Trinajstić information content (AvgIpc) is 3.60. The highest BCUT2D eigenvalue weighted by Gasteiger charge is 2.29. The molecule has 0 N–H and O–H groups in total. The third-order valence-electron chi connectivity index (χ3n) is 5.28. The summed E-state index contributed by atoms with van der Waals surface area (Å²) < 4.78 is 67.4. The second kappa shape index (κ2) is 9.12. The number of ether oxygens (including phenoxy) is 2. The van der Waals surface area contributed by atoms with Crippen molar-refractivity contribution in [1.29, 1.82) is 0 Å². The number of hydrogen-bond donors (Lipinski definition) is 0. The van der Waals surface area contributed by atoms with Crippen LogP contribution >= 0.6 is 0 Å². The van der Waals surface area contributed by atoms with Crippen LogP contribution in [0.3, 0.4) is 0 Å². The maximum Gasteiger partial charge on any atom is 0.344 e. The lowest BCUT2D eigenvalue weighted by molar-refractivity contribution is 0.0720. The van der Waals surface area contributed by atoms with Crippen molar-refractivity contribution < 1.29 is 31.8 Å². The summed E-state index contributed by atoms with van der Waals surface area (Å²) in [5, 5.41) is 0. The van der Waals surface area contributed by atoms with Crippen LogP contribution in [0.25, 0.3) is 11.1 Å². The van der Waals surface area contributed by atoms with Gasteiger partial charge in [0.05, 0.1) is 17.7 Å². The van der Waals surface area contributed by atoms with Crippen LogP contribution in [-0.2, 0) is 11.2 Å². The van der Waals surface area contributed by atoms with Crippen LogP contribution in [0.1, 0.15) is 52.9 Å². The molecule has 0 radical (unpaired) electrons. The molecule has 3 nitrogen and oxygen atoms in total. The van der Waals surface area contributed by atoms with E-state index < -0.39 is 35.2 Å². The minimum atomic E-state index is -3.30. The number of carbonyl (C=O) groups excluding carboxylic acids is 1. The molecular weight excluding hydrogens is 424 g/mol. The molecule has 1 aliphatic rings. The predicted octanol–water partition coefficient (Wildman–Crippen LogP) is 6.81. The third kappa shape index (κ3) is 4.53. The van der Waals surface area contributed by atoms with Crippen molar-refractivity contribution in [3.63, 3.8) is 0 Å². The van der Waals surface area contributed by atoms with Crippen molar-refractivity contribution in [2.45, 2.75) is 32.3 Å². The lowest BCUT2D eigenvalue weighted by atomic mass is 9.96. The van der Waals surface area contributed by atoms with Gasteiger partial charge in [-0.05, 0) is 41.8 Å². The van der Waals surface area contributed by atoms with Crippen LogP contribution in [0.5, 0.6) is 5.75 Å². The number of halogens is 4. The Balaban J connectivity index is 1.65. The number of hydrogen-bond acceptors (Lipinski definition) is 3. The minimum Gasteiger partial charge on any atom is -0.423 e. The van der Waals surface area contributed by atoms with Gasteiger partial charge in [-0.15, -0.1) is 0 Å². The molecule has 1 unspecified atom stereocenters. The van der Waals surface area contributed by atoms with Crippen molar-refractivity contribution in [3.05, 3.63) is 88.5 Å². The summed E-state index contributed by atoms with van der Waals surface area (Å²) >= 11 is 0. The zero-order valence-electron chi connectivity index (χ0n) is 17.2. The van der Waals surface area contributed by atoms with Crippen molar-refractivity contribution in [2.24, 2.45) is 0 Å². The van der Waals surface area contributed by atoms with Gasteiger partial charge in [-0.2, -0.15) is 0 Å². The number of aryl methyl sites for hydroxylation is 1. The van der Waals surface area contributed by atoms with Crippen LogP contribution < -0.4 is 4.74 Å². The molecule has 0 aliphatic carbocycles. The van der Waals surface area contributed by atoms with E-state index in [4.69, 9.17) is 9.47 Å². The first-order valence-electron chi connectivity index (χ1n) is 10.2. The van der Waals surface area contributed by atoms with Gasteiger partial charge in [0, 0.05) is 11.1 Å². The van der Waals surface area contributed by atoms with Crippen molar-refractivity contribution >= 4 is 5.97 Å². The molecule has 3 aromatic rings. The molecule has 0 amide bonds. The number of esters is 1. The van der Waals surface area contributed by atoms with Crippen LogP contribution in [0, 0.1) is 11.6 Å². The Hall–Kier alpha value is -3.19. The average molecular weight is 444 g/mol. The van der Waals surface area contributed by atoms with Gasteiger partial charge in [-0.1, -0.05) is 43.7 Å². The largest absolute Gasteiger partial charge is 0.423 e. The first-order chi connectivity index (χ1) is 15.4. The Morgan fingerprint density at radius 2 is 1.75 bits per heavy atom. The van der Waals surface area contributed by atoms with Crippen LogP contribution in [-0.4, -0.2) is 12.6 Å². The van der Waals surface area contributed by atoms with Gasteiger partial charge in [-0.25, -0.2) is 22.4 Å². The molecule has 1 aliphatic heterocycles. The highest BCUT2D eigenvalue weighted by Crippen LogP contribution is 2.37. The zero-order valence-corrected chi connectivity index (χ0v) is 17.2. The third-order valence-corrected chi connectivity index (χ3v) is 5.28. The van der Waals surface area contributed by atoms with Crippen molar-refractivity contribution in [3.8, 4) is 16.9 Å². The van der Waals surface area contributed by atoms with Crippen LogP contribution in [0.2, 0.25) is 0 Å². The molecule has 3 aromatic carbocycles. The number of alkyl halides is 2. The number of rotatable bonds is 7. The summed E-state index contributed by atoms with van der Waals surface area (Å²) in [5.41, 5.74) is -0.642. The molecule has 1 fully saturated rings. The van der Waals surface area contributed by atoms with Gasteiger partial charge < -0.3 is 9.47 Å². The van der Waals surface area contributed by atoms with E-state index in [1.54, 1.807) is 30.3 Å². The summed E-state index contributed by atoms with van der Waals surface area (Å²) in [5.74, 6) is -3.08. The Morgan fingerprint density at radius 3 is 2.34 bits per heavy atom. The standard InChI is InChI=1S/C25H20F4O3/c1-2-3-14-4-7-16(8-5-14)32-25(30)19-11-10-18(23(27)22(19)24(28)29)17-9-6-15(12-20(17)26)21-13-31-21/h4-12,21,24H,2-3,13H2,1H3. The fourth-order valence-corrected chi connectivity index (χ4v) is 3.56. The second-order valence-electron chi connectivity index (χ2n) is 7.53. The Bertz CT molecular complexity index is 1140. The van der Waals surface area contributed by atoms with Gasteiger partial charge in [0.2, 0.25) is 0 Å². The number of epoxide rings is 1. The molecule has 0 spiro atoms. The molecule has 7 heteroatoms. The summed E-state index contributed by atoms with van der Waals surface area (Å²) in [7, 11) is 0. The Morgan fingerprint density at radius 1 is 1.06 bits per heavy atom. The summed E-state index contributed by atoms with van der Waals surface area (Å²) in [4.78, 5) is 12.5. The minimum absolute atomic E-state index is 0.156. The molecule has 0 bridgehead atoms. The number of carbonyl (C=O) groups is 1. The molecule has 4 rings (SSSR count). The fraction of sp³-hybridized carbons (Fsp3) is 0.240. The second-order valence-corrected chi connectivity index (χ2v) is 7.53. The molecule has 1 heterocycles. The zero-order chi connectivity index (χ0) is 22.8. The van der Waals surface area contributed by atoms with Crippen LogP contribution in [0.15, 0.2) is 54.6 Å². The van der Waals surface area contributed by atoms with Crippen molar-refractivity contribution in [2.75, 3.05) is 6.61 Å². The monoisotopic (exact) mass is 444 g/mol. The SMILES string of the molecule is CCCc1ccc(OC(=O)c2ccc(-c3ccc(C4CO4)cc3F)c(F)c2C(F)F)cc1. The smallest absolute Gasteiger partial charge is 0.344 e. The molecule has 0 aromatic heterocycles. The van der Waals surface area contributed by atoms with Crippen molar-refractivity contribution in [1.82, 2.24) is 0 Å². The van der Waals surface area contributed by atoms with E-state index in [1.165, 1.54) is 12.1 Å². The van der Waals surface area contributed by atoms with Gasteiger partial charge in [0.15, 0.2) is 0 Å². The topological polar surface area (TPSA) is 38.8 Å². The summed E-state index contributed by atoms with van der Waals surface area (Å²) in [6.07, 6.45) is -1.71. The number of benzene rings is 3. The first kappa shape index (κ1) is 22.0. The van der Waals surface area contributed by atoms with E-state index >= 15 is 4.39 Å². The van der Waals surface area contributed by atoms with E-state index in [9.17, 15) is 18.0 Å². The highest BCUT2D eigenvalue weighted by atomic mass is 19.3. The van der Waals surface area contributed by atoms with Gasteiger partial charge in [-0.3, -0.25) is 0 Å². The molecule has 0 saturated carbocycles. The van der Waals surface area contributed by atoms with E-state index in [0.29, 0.717) is 12.2 Å².